The number of nitrogens with zero attached hydrogens (tertiary/aromatic N) is 5. The van der Waals surface area contributed by atoms with Crippen molar-refractivity contribution in [2.45, 2.75) is 24.4 Å². The van der Waals surface area contributed by atoms with Crippen molar-refractivity contribution in [1.29, 1.82) is 0 Å². The van der Waals surface area contributed by atoms with Gasteiger partial charge in [-0.05, 0) is 17.7 Å². The van der Waals surface area contributed by atoms with E-state index in [9.17, 15) is 19.7 Å². The van der Waals surface area contributed by atoms with E-state index in [1.165, 1.54) is 29.2 Å². The molecule has 4 aromatic rings. The molecule has 0 spiro atoms. The number of fused-ring (bicyclic) bond motifs is 1. The van der Waals surface area contributed by atoms with Crippen LogP contribution in [0.15, 0.2) is 76.8 Å². The van der Waals surface area contributed by atoms with Crippen molar-refractivity contribution in [2.75, 3.05) is 12.3 Å². The summed E-state index contributed by atoms with van der Waals surface area (Å²) in [6, 6.07) is 15.9. The van der Waals surface area contributed by atoms with E-state index in [4.69, 9.17) is 0 Å². The summed E-state index contributed by atoms with van der Waals surface area (Å²) in [5.74, 6) is 0.648. The van der Waals surface area contributed by atoms with Gasteiger partial charge in [0.2, 0.25) is 5.91 Å². The number of nitro benzene ring substituents is 1. The van der Waals surface area contributed by atoms with Gasteiger partial charge in [0.25, 0.3) is 11.2 Å². The molecule has 0 atom stereocenters. The van der Waals surface area contributed by atoms with E-state index in [0.717, 1.165) is 10.5 Å². The van der Waals surface area contributed by atoms with Gasteiger partial charge < -0.3 is 5.32 Å². The average molecular weight is 479 g/mol. The van der Waals surface area contributed by atoms with Crippen molar-refractivity contribution in [1.82, 2.24) is 24.6 Å². The molecule has 2 heterocycles. The number of hydrogen-bond acceptors (Lipinski definition) is 7. The second kappa shape index (κ2) is 10.8. The van der Waals surface area contributed by atoms with Crippen LogP contribution in [0, 0.1) is 10.1 Å². The van der Waals surface area contributed by atoms with E-state index in [-0.39, 0.29) is 23.7 Å². The van der Waals surface area contributed by atoms with Crippen molar-refractivity contribution in [3.05, 3.63) is 93.2 Å². The summed E-state index contributed by atoms with van der Waals surface area (Å²) in [5.41, 5.74) is 0.928. The van der Waals surface area contributed by atoms with E-state index in [1.54, 1.807) is 28.6 Å². The fourth-order valence-corrected chi connectivity index (χ4v) is 4.23. The lowest BCUT2D eigenvalue weighted by Gasteiger charge is -2.08. The average Bonchev–Trinajstić information content (AvgIpc) is 3.25. The first-order valence-corrected chi connectivity index (χ1v) is 11.6. The van der Waals surface area contributed by atoms with Crippen LogP contribution in [0.2, 0.25) is 0 Å². The predicted molar refractivity (Wildman–Crippen MR) is 129 cm³/mol. The zero-order valence-corrected chi connectivity index (χ0v) is 19.0. The first-order valence-electron chi connectivity index (χ1n) is 10.6. The second-order valence-corrected chi connectivity index (χ2v) is 8.64. The van der Waals surface area contributed by atoms with Crippen LogP contribution in [0.1, 0.15) is 12.0 Å². The quantitative estimate of drug-likeness (QED) is 0.211. The molecule has 10 nitrogen and oxygen atoms in total. The van der Waals surface area contributed by atoms with Crippen molar-refractivity contribution in [3.8, 4) is 0 Å². The molecule has 0 saturated carbocycles. The summed E-state index contributed by atoms with van der Waals surface area (Å²) in [6.07, 6.45) is 3.31. The topological polar surface area (TPSA) is 125 Å². The second-order valence-electron chi connectivity index (χ2n) is 7.47. The smallest absolute Gasteiger partial charge is 0.269 e. The van der Waals surface area contributed by atoms with E-state index < -0.39 is 4.92 Å². The highest BCUT2D eigenvalue weighted by molar-refractivity contribution is 7.99. The third kappa shape index (κ3) is 5.67. The molecule has 34 heavy (non-hydrogen) atoms. The first-order chi connectivity index (χ1) is 16.5. The van der Waals surface area contributed by atoms with Crippen LogP contribution in [-0.2, 0) is 17.9 Å². The molecule has 0 unspecified atom stereocenters. The fourth-order valence-electron chi connectivity index (χ4n) is 3.36. The molecule has 0 bridgehead atoms. The van der Waals surface area contributed by atoms with Gasteiger partial charge in [0, 0.05) is 35.7 Å². The lowest BCUT2D eigenvalue weighted by molar-refractivity contribution is -0.384. The van der Waals surface area contributed by atoms with Crippen molar-refractivity contribution in [2.24, 2.45) is 0 Å². The van der Waals surface area contributed by atoms with Crippen molar-refractivity contribution < 1.29 is 9.72 Å². The molecule has 1 N–H and O–H groups in total. The third-order valence-electron chi connectivity index (χ3n) is 5.11. The number of non-ortho nitro benzene ring substituents is 1. The summed E-state index contributed by atoms with van der Waals surface area (Å²) in [4.78, 5) is 40.7. The minimum atomic E-state index is -0.468. The Labute approximate surface area is 198 Å². The van der Waals surface area contributed by atoms with Gasteiger partial charge in [-0.1, -0.05) is 30.3 Å². The Morgan fingerprint density at radius 2 is 1.88 bits per heavy atom. The van der Waals surface area contributed by atoms with Gasteiger partial charge in [-0.15, -0.1) is 11.8 Å². The van der Waals surface area contributed by atoms with Gasteiger partial charge in [0.05, 0.1) is 24.2 Å². The maximum absolute atomic E-state index is 12.8. The summed E-state index contributed by atoms with van der Waals surface area (Å²) in [6.45, 7) is 1.00. The number of amides is 1. The van der Waals surface area contributed by atoms with Gasteiger partial charge in [-0.2, -0.15) is 5.10 Å². The molecule has 0 aliphatic rings. The van der Waals surface area contributed by atoms with E-state index in [0.29, 0.717) is 36.3 Å². The van der Waals surface area contributed by atoms with Crippen LogP contribution >= 0.6 is 11.8 Å². The highest BCUT2D eigenvalue weighted by Crippen LogP contribution is 2.17. The molecular formula is C23H22N6O4S. The molecule has 0 aliphatic heterocycles. The van der Waals surface area contributed by atoms with Crippen LogP contribution < -0.4 is 10.9 Å². The number of hydrogen-bond donors (Lipinski definition) is 1. The number of rotatable bonds is 10. The van der Waals surface area contributed by atoms with Crippen molar-refractivity contribution in [3.63, 3.8) is 0 Å². The summed E-state index contributed by atoms with van der Waals surface area (Å²) in [5, 5.41) is 18.3. The molecular weight excluding hydrogens is 456 g/mol. The number of thioether (sulfide) groups is 1. The Hall–Kier alpha value is -3.99. The number of aromatic nitrogens is 4. The Balaban J connectivity index is 1.31. The van der Waals surface area contributed by atoms with Gasteiger partial charge in [-0.25, -0.2) is 9.67 Å². The Bertz CT molecular complexity index is 1350. The zero-order valence-electron chi connectivity index (χ0n) is 18.2. The highest BCUT2D eigenvalue weighted by atomic mass is 32.2. The lowest BCUT2D eigenvalue weighted by Crippen LogP contribution is -2.28. The summed E-state index contributed by atoms with van der Waals surface area (Å²) < 4.78 is 3.02. The van der Waals surface area contributed by atoms with Crippen LogP contribution in [0.5, 0.6) is 0 Å². The maximum atomic E-state index is 12.8. The Kier molecular flexibility index (Phi) is 7.33. The molecule has 2 aromatic heterocycles. The molecule has 0 fully saturated rings. The van der Waals surface area contributed by atoms with Crippen LogP contribution in [0.25, 0.3) is 11.0 Å². The first kappa shape index (κ1) is 23.2. The molecule has 0 saturated heterocycles. The van der Waals surface area contributed by atoms with Gasteiger partial charge in [0.1, 0.15) is 11.7 Å². The standard InChI is InChI=1S/C23H22N6O4S/c30-21(10-13-34-19-4-2-1-3-5-19)24-11-12-28-22-20(14-26-28)23(31)27(16-25-22)15-17-6-8-18(9-7-17)29(32)33/h1-9,14,16H,10-13,15H2,(H,24,30). The van der Waals surface area contributed by atoms with E-state index in [1.807, 2.05) is 30.3 Å². The van der Waals surface area contributed by atoms with E-state index in [2.05, 4.69) is 15.4 Å². The Morgan fingerprint density at radius 1 is 1.12 bits per heavy atom. The summed E-state index contributed by atoms with van der Waals surface area (Å²) >= 11 is 1.63. The fraction of sp³-hybridized carbons (Fsp3) is 0.217. The molecule has 11 heteroatoms. The number of benzene rings is 2. The minimum Gasteiger partial charge on any atom is -0.354 e. The molecule has 2 aromatic carbocycles. The summed E-state index contributed by atoms with van der Waals surface area (Å²) in [7, 11) is 0. The minimum absolute atomic E-state index is 0.00649. The van der Waals surface area contributed by atoms with Crippen molar-refractivity contribution >= 4 is 34.4 Å². The van der Waals surface area contributed by atoms with E-state index >= 15 is 0 Å². The monoisotopic (exact) mass is 478 g/mol. The van der Waals surface area contributed by atoms with Gasteiger partial charge in [0.15, 0.2) is 5.65 Å². The molecule has 1 amide bonds. The molecule has 0 aliphatic carbocycles. The van der Waals surface area contributed by atoms with Crippen LogP contribution in [0.3, 0.4) is 0 Å². The molecule has 4 rings (SSSR count). The number of nitrogens with one attached hydrogen (secondary N) is 1. The largest absolute Gasteiger partial charge is 0.354 e. The number of carbonyl (C=O) groups excluding carboxylic acids is 1. The third-order valence-corrected chi connectivity index (χ3v) is 6.12. The Morgan fingerprint density at radius 3 is 2.62 bits per heavy atom. The SMILES string of the molecule is O=C(CCSc1ccccc1)NCCn1ncc2c(=O)n(Cc3ccc([N+](=O)[O-])cc3)cnc21. The number of carbonyl (C=O) groups is 1. The van der Waals surface area contributed by atoms with Gasteiger partial charge in [-0.3, -0.25) is 24.3 Å². The zero-order chi connectivity index (χ0) is 23.9. The molecule has 0 radical (unpaired) electrons. The number of nitro groups is 1. The molecule has 174 valence electrons. The van der Waals surface area contributed by atoms with Gasteiger partial charge >= 0.3 is 0 Å². The normalized spacial score (nSPS) is 10.9. The maximum Gasteiger partial charge on any atom is 0.269 e. The lowest BCUT2D eigenvalue weighted by atomic mass is 10.2. The highest BCUT2D eigenvalue weighted by Gasteiger charge is 2.12. The van der Waals surface area contributed by atoms with Crippen LogP contribution in [-0.4, -0.2) is 42.5 Å². The van der Waals surface area contributed by atoms with Crippen LogP contribution in [0.4, 0.5) is 5.69 Å². The predicted octanol–water partition coefficient (Wildman–Crippen LogP) is 2.85.